The quantitative estimate of drug-likeness (QED) is 0.178. The van der Waals surface area contributed by atoms with Gasteiger partial charge in [-0.2, -0.15) is 0 Å². The van der Waals surface area contributed by atoms with Crippen LogP contribution in [0.5, 0.6) is 5.75 Å². The number of esters is 1. The standard InChI is InChI=1S/C51H74N2O11S/c1-11-22-59-32-18-16-30(17-19-32)50-52-44-43-35(34-23-33(24-38(34)49(44)65-50)63-51-48(58-10)47(57-9)46(56-8)29(5)61-51)25-37-36(43)26-41(54)62-31(12-2)14-13-15-40(27(3)45(37)55)64-42-21-20-39(53(6)7)28(4)60-42/h16-19,25,27-29,31,33-36,38-40,42-43,46-48,51H,11-15,20-24,26H2,1-10H3/t27-,28?,29?,31+,33+,34+,35+,36-,38-,39+,40+,42+,43-,46+,47?,48+,51+/m1/s1. The van der Waals surface area contributed by atoms with Crippen molar-refractivity contribution in [3.05, 3.63) is 46.5 Å². The molecule has 0 N–H and O–H groups in total. The number of ether oxygens (including phenoxy) is 9. The monoisotopic (exact) mass is 923 g/mol. The fourth-order valence-corrected chi connectivity index (χ4v) is 13.4. The summed E-state index contributed by atoms with van der Waals surface area (Å²) in [6.45, 7) is 10.9. The van der Waals surface area contributed by atoms with Gasteiger partial charge in [0.05, 0.1) is 43.1 Å². The first-order chi connectivity index (χ1) is 31.4. The molecule has 3 aliphatic heterocycles. The van der Waals surface area contributed by atoms with E-state index in [9.17, 15) is 4.79 Å². The average molecular weight is 923 g/mol. The molecule has 1 aromatic heterocycles. The Labute approximate surface area is 390 Å². The van der Waals surface area contributed by atoms with Crippen molar-refractivity contribution in [2.45, 2.75) is 178 Å². The molecule has 4 heterocycles. The van der Waals surface area contributed by atoms with Gasteiger partial charge in [-0.1, -0.05) is 26.8 Å². The molecule has 3 unspecified atom stereocenters. The van der Waals surface area contributed by atoms with Crippen molar-refractivity contribution < 1.29 is 52.2 Å². The van der Waals surface area contributed by atoms with Gasteiger partial charge in [-0.05, 0) is 127 Å². The van der Waals surface area contributed by atoms with Crippen molar-refractivity contribution >= 4 is 23.1 Å². The maximum absolute atomic E-state index is 15.3. The van der Waals surface area contributed by atoms with Crippen LogP contribution in [-0.2, 0) is 47.5 Å². The summed E-state index contributed by atoms with van der Waals surface area (Å²) < 4.78 is 56.7. The molecule has 13 nitrogen and oxygen atoms in total. The van der Waals surface area contributed by atoms with E-state index in [1.165, 1.54) is 4.88 Å². The molecule has 4 fully saturated rings. The largest absolute Gasteiger partial charge is 0.494 e. The van der Waals surface area contributed by atoms with Crippen LogP contribution in [0.3, 0.4) is 0 Å². The Kier molecular flexibility index (Phi) is 15.9. The molecule has 1 aromatic carbocycles. The number of hydrogen-bond acceptors (Lipinski definition) is 14. The number of aromatic nitrogens is 1. The summed E-state index contributed by atoms with van der Waals surface area (Å²) in [5.41, 5.74) is 2.70. The topological polar surface area (TPSA) is 133 Å². The third kappa shape index (κ3) is 10.0. The normalized spacial score (nSPS) is 38.8. The van der Waals surface area contributed by atoms with Gasteiger partial charge in [0.2, 0.25) is 0 Å². The van der Waals surface area contributed by atoms with E-state index >= 15 is 4.79 Å². The van der Waals surface area contributed by atoms with Gasteiger partial charge >= 0.3 is 5.97 Å². The number of methoxy groups -OCH3 is 3. The molecule has 360 valence electrons. The van der Waals surface area contributed by atoms with Gasteiger partial charge in [-0.15, -0.1) is 11.3 Å². The van der Waals surface area contributed by atoms with E-state index in [0.29, 0.717) is 31.1 Å². The molecule has 8 rings (SSSR count). The number of rotatable bonds is 13. The van der Waals surface area contributed by atoms with Crippen LogP contribution in [0.1, 0.15) is 121 Å². The van der Waals surface area contributed by atoms with Gasteiger partial charge in [0.25, 0.3) is 0 Å². The fraction of sp³-hybridized carbons (Fsp3) is 0.745. The molecule has 14 heteroatoms. The molecular weight excluding hydrogens is 849 g/mol. The van der Waals surface area contributed by atoms with E-state index in [2.05, 4.69) is 58.0 Å². The summed E-state index contributed by atoms with van der Waals surface area (Å²) in [4.78, 5) is 38.3. The van der Waals surface area contributed by atoms with Gasteiger partial charge in [0.15, 0.2) is 18.4 Å². The first kappa shape index (κ1) is 48.7. The molecule has 6 aliphatic rings. The van der Waals surface area contributed by atoms with Crippen molar-refractivity contribution in [2.75, 3.05) is 42.0 Å². The number of nitrogens with zero attached hydrogens (tertiary/aromatic N) is 2. The maximum atomic E-state index is 15.3. The zero-order chi connectivity index (χ0) is 46.1. The third-order valence-electron chi connectivity index (χ3n) is 15.5. The molecular formula is C51H74N2O11S. The number of carbonyl (C=O) groups is 2. The van der Waals surface area contributed by atoms with Crippen molar-refractivity contribution in [2.24, 2.45) is 23.7 Å². The third-order valence-corrected chi connectivity index (χ3v) is 16.7. The summed E-state index contributed by atoms with van der Waals surface area (Å²) in [6, 6.07) is 8.49. The van der Waals surface area contributed by atoms with Crippen LogP contribution in [0, 0.1) is 23.7 Å². The maximum Gasteiger partial charge on any atom is 0.306 e. The van der Waals surface area contributed by atoms with E-state index in [1.807, 2.05) is 26.0 Å². The summed E-state index contributed by atoms with van der Waals surface area (Å²) in [6.07, 6.45) is 6.11. The molecule has 0 radical (unpaired) electrons. The molecule has 65 heavy (non-hydrogen) atoms. The molecule has 0 bridgehead atoms. The van der Waals surface area contributed by atoms with Crippen LogP contribution in [0.4, 0.5) is 0 Å². The van der Waals surface area contributed by atoms with Gasteiger partial charge in [0.1, 0.15) is 35.2 Å². The Balaban J connectivity index is 1.14. The lowest BCUT2D eigenvalue weighted by atomic mass is 9.67. The number of likely N-dealkylation sites (N-methyl/N-ethyl adjacent to an activating group) is 1. The summed E-state index contributed by atoms with van der Waals surface area (Å²) in [5, 5.41) is 0.917. The smallest absolute Gasteiger partial charge is 0.306 e. The van der Waals surface area contributed by atoms with Crippen LogP contribution in [-0.4, -0.2) is 131 Å². The van der Waals surface area contributed by atoms with Crippen LogP contribution < -0.4 is 4.74 Å². The summed E-state index contributed by atoms with van der Waals surface area (Å²) in [5.74, 6) is -0.215. The predicted octanol–water partition coefficient (Wildman–Crippen LogP) is 8.48. The number of allylic oxidation sites excluding steroid dienone is 2. The van der Waals surface area contributed by atoms with E-state index in [1.54, 1.807) is 32.7 Å². The number of thiazole rings is 1. The number of benzene rings is 1. The van der Waals surface area contributed by atoms with Crippen molar-refractivity contribution in [3.8, 4) is 16.3 Å². The lowest BCUT2D eigenvalue weighted by Gasteiger charge is -2.44. The molecule has 3 saturated heterocycles. The van der Waals surface area contributed by atoms with E-state index in [0.717, 1.165) is 67.0 Å². The molecule has 17 atom stereocenters. The lowest BCUT2D eigenvalue weighted by molar-refractivity contribution is -0.314. The summed E-state index contributed by atoms with van der Waals surface area (Å²) >= 11 is 1.73. The molecule has 2 aromatic rings. The number of cyclic esters (lactones) is 1. The number of hydrogen-bond donors (Lipinski definition) is 0. The minimum absolute atomic E-state index is 0.00348. The Hall–Kier alpha value is -2.79. The zero-order valence-electron chi connectivity index (χ0n) is 40.3. The highest BCUT2D eigenvalue weighted by molar-refractivity contribution is 7.15. The highest BCUT2D eigenvalue weighted by Crippen LogP contribution is 2.63. The molecule has 3 aliphatic carbocycles. The van der Waals surface area contributed by atoms with Crippen LogP contribution in [0.2, 0.25) is 0 Å². The number of carbonyl (C=O) groups excluding carboxylic acids is 2. The van der Waals surface area contributed by atoms with E-state index < -0.39 is 30.5 Å². The van der Waals surface area contributed by atoms with Gasteiger partial charge < -0.3 is 47.5 Å². The molecule has 1 saturated carbocycles. The van der Waals surface area contributed by atoms with Gasteiger partial charge in [-0.3, -0.25) is 9.59 Å². The molecule has 0 amide bonds. The van der Waals surface area contributed by atoms with Crippen molar-refractivity contribution in [1.29, 1.82) is 0 Å². The van der Waals surface area contributed by atoms with Crippen LogP contribution in [0.25, 0.3) is 10.6 Å². The van der Waals surface area contributed by atoms with E-state index in [4.69, 9.17) is 47.6 Å². The highest BCUT2D eigenvalue weighted by atomic mass is 32.1. The second kappa shape index (κ2) is 21.2. The second-order valence-electron chi connectivity index (χ2n) is 19.6. The zero-order valence-corrected chi connectivity index (χ0v) is 41.1. The highest BCUT2D eigenvalue weighted by Gasteiger charge is 2.57. The first-order valence-corrected chi connectivity index (χ1v) is 25.2. The Morgan fingerprint density at radius 2 is 1.60 bits per heavy atom. The minimum Gasteiger partial charge on any atom is -0.494 e. The number of Topliss-reactive ketones (excluding diaryl/α,β-unsaturated/α-hetero) is 1. The van der Waals surface area contributed by atoms with Gasteiger partial charge in [0, 0.05) is 61.5 Å². The Morgan fingerprint density at radius 1 is 0.846 bits per heavy atom. The Morgan fingerprint density at radius 3 is 2.28 bits per heavy atom. The van der Waals surface area contributed by atoms with Crippen LogP contribution >= 0.6 is 11.3 Å². The van der Waals surface area contributed by atoms with Crippen molar-refractivity contribution in [1.82, 2.24) is 9.88 Å². The predicted molar refractivity (Wildman–Crippen MR) is 247 cm³/mol. The fourth-order valence-electron chi connectivity index (χ4n) is 12.1. The second-order valence-corrected chi connectivity index (χ2v) is 20.7. The van der Waals surface area contributed by atoms with E-state index in [-0.39, 0.29) is 84.6 Å². The minimum atomic E-state index is -0.667. The molecule has 0 spiro atoms. The van der Waals surface area contributed by atoms with Crippen molar-refractivity contribution in [3.63, 3.8) is 0 Å². The van der Waals surface area contributed by atoms with Gasteiger partial charge in [-0.25, -0.2) is 4.98 Å². The van der Waals surface area contributed by atoms with Crippen LogP contribution in [0.15, 0.2) is 35.9 Å². The number of fused-ring (bicyclic) bond motifs is 8. The summed E-state index contributed by atoms with van der Waals surface area (Å²) in [7, 11) is 9.17. The number of ketones is 1. The first-order valence-electron chi connectivity index (χ1n) is 24.4. The Bertz CT molecular complexity index is 1960. The lowest BCUT2D eigenvalue weighted by Crippen LogP contribution is -2.59. The average Bonchev–Trinajstić information content (AvgIpc) is 4.02. The SMILES string of the molecule is CCCOc1ccc(-c2nc3c(s2)[C@@H]2C[C@@H](O[C@@H]4OC(C)[C@H](OC)C(OC)[C@@H]4OC)C[C@H]2[C@@H]2C=C4C(=O)[C@H](C)[C@@H](O[C@H]5CC[C@H](N(C)C)C(C)O5)CCC[C@H](CC)OC(=O)C[C@H]4[C@H]32)cc1.